The molecular formula is C18H26N2O3. The maximum absolute atomic E-state index is 12.2. The van der Waals surface area contributed by atoms with Crippen molar-refractivity contribution in [2.24, 2.45) is 17.8 Å². The zero-order valence-electron chi connectivity index (χ0n) is 14.1. The molecule has 126 valence electrons. The highest BCUT2D eigenvalue weighted by atomic mass is 16.5. The van der Waals surface area contributed by atoms with Gasteiger partial charge in [0.05, 0.1) is 14.2 Å². The van der Waals surface area contributed by atoms with Crippen LogP contribution >= 0.6 is 0 Å². The Bertz CT molecular complexity index is 575. The van der Waals surface area contributed by atoms with Crippen molar-refractivity contribution < 1.29 is 14.3 Å². The van der Waals surface area contributed by atoms with Crippen LogP contribution in [0.25, 0.3) is 0 Å². The average molecular weight is 318 g/mol. The van der Waals surface area contributed by atoms with E-state index in [1.54, 1.807) is 26.4 Å². The Morgan fingerprint density at radius 1 is 1.17 bits per heavy atom. The van der Waals surface area contributed by atoms with Crippen LogP contribution in [0.15, 0.2) is 18.2 Å². The first-order valence-electron chi connectivity index (χ1n) is 8.40. The van der Waals surface area contributed by atoms with Gasteiger partial charge in [-0.25, -0.2) is 4.79 Å². The van der Waals surface area contributed by atoms with Gasteiger partial charge in [-0.05, 0) is 56.1 Å². The second-order valence-corrected chi connectivity index (χ2v) is 6.80. The Hall–Kier alpha value is -1.91. The summed E-state index contributed by atoms with van der Waals surface area (Å²) in [6, 6.07) is 5.41. The topological polar surface area (TPSA) is 59.6 Å². The minimum atomic E-state index is -0.160. The van der Waals surface area contributed by atoms with Crippen LogP contribution in [0.3, 0.4) is 0 Å². The predicted octanol–water partition coefficient (Wildman–Crippen LogP) is 3.65. The van der Waals surface area contributed by atoms with E-state index >= 15 is 0 Å². The third-order valence-electron chi connectivity index (χ3n) is 5.44. The van der Waals surface area contributed by atoms with Crippen LogP contribution in [-0.4, -0.2) is 26.3 Å². The third kappa shape index (κ3) is 3.38. The van der Waals surface area contributed by atoms with Crippen LogP contribution < -0.4 is 20.1 Å². The molecule has 5 heteroatoms. The molecule has 0 spiro atoms. The largest absolute Gasteiger partial charge is 0.493 e. The lowest BCUT2D eigenvalue weighted by Gasteiger charge is -2.28. The van der Waals surface area contributed by atoms with Gasteiger partial charge < -0.3 is 20.1 Å². The Morgan fingerprint density at radius 2 is 1.96 bits per heavy atom. The fraction of sp³-hybridized carbons (Fsp3) is 0.611. The van der Waals surface area contributed by atoms with Gasteiger partial charge in [-0.1, -0.05) is 6.42 Å². The molecule has 2 fully saturated rings. The van der Waals surface area contributed by atoms with Gasteiger partial charge in [0, 0.05) is 17.8 Å². The van der Waals surface area contributed by atoms with E-state index in [0.717, 1.165) is 11.8 Å². The van der Waals surface area contributed by atoms with E-state index in [9.17, 15) is 4.79 Å². The van der Waals surface area contributed by atoms with E-state index < -0.39 is 0 Å². The van der Waals surface area contributed by atoms with Gasteiger partial charge >= 0.3 is 6.03 Å². The lowest BCUT2D eigenvalue weighted by atomic mass is 9.84. The van der Waals surface area contributed by atoms with Crippen molar-refractivity contribution in [1.82, 2.24) is 5.32 Å². The van der Waals surface area contributed by atoms with Crippen LogP contribution in [0.2, 0.25) is 0 Å². The molecule has 3 rings (SSSR count). The molecule has 2 N–H and O–H groups in total. The number of urea groups is 1. The molecule has 1 aromatic rings. The van der Waals surface area contributed by atoms with Gasteiger partial charge in [-0.15, -0.1) is 0 Å². The molecule has 2 amide bonds. The number of benzene rings is 1. The minimum absolute atomic E-state index is 0.160. The molecule has 0 aromatic heterocycles. The normalized spacial score (nSPS) is 26.7. The maximum atomic E-state index is 12.2. The van der Waals surface area contributed by atoms with Crippen LogP contribution in [0.5, 0.6) is 11.5 Å². The zero-order valence-corrected chi connectivity index (χ0v) is 14.1. The van der Waals surface area contributed by atoms with Gasteiger partial charge in [0.1, 0.15) is 0 Å². The number of amides is 2. The highest BCUT2D eigenvalue weighted by Gasteiger charge is 2.42. The number of nitrogens with one attached hydrogen (secondary N) is 2. The molecular weight excluding hydrogens is 292 g/mol. The van der Waals surface area contributed by atoms with Crippen LogP contribution in [0.1, 0.15) is 32.6 Å². The Kier molecular flexibility index (Phi) is 4.64. The first kappa shape index (κ1) is 16.0. The van der Waals surface area contributed by atoms with E-state index in [-0.39, 0.29) is 12.1 Å². The average Bonchev–Trinajstić information content (AvgIpc) is 3.17. The van der Waals surface area contributed by atoms with Gasteiger partial charge in [-0.3, -0.25) is 0 Å². The molecule has 2 saturated carbocycles. The molecule has 2 aliphatic rings. The molecule has 5 nitrogen and oxygen atoms in total. The van der Waals surface area contributed by atoms with E-state index in [4.69, 9.17) is 9.47 Å². The first-order chi connectivity index (χ1) is 11.1. The molecule has 4 unspecified atom stereocenters. The highest BCUT2D eigenvalue weighted by molar-refractivity contribution is 5.89. The van der Waals surface area contributed by atoms with Crippen molar-refractivity contribution in [2.45, 2.75) is 38.6 Å². The number of methoxy groups -OCH3 is 2. The number of carbonyl (C=O) groups is 1. The van der Waals surface area contributed by atoms with Crippen LogP contribution in [-0.2, 0) is 0 Å². The fourth-order valence-corrected chi connectivity index (χ4v) is 4.30. The van der Waals surface area contributed by atoms with Crippen molar-refractivity contribution in [2.75, 3.05) is 19.5 Å². The molecule has 2 aliphatic carbocycles. The Balaban J connectivity index is 1.57. The molecule has 0 saturated heterocycles. The van der Waals surface area contributed by atoms with Crippen molar-refractivity contribution in [3.63, 3.8) is 0 Å². The van der Waals surface area contributed by atoms with Crippen LogP contribution in [0.4, 0.5) is 10.5 Å². The fourth-order valence-electron chi connectivity index (χ4n) is 4.30. The number of ether oxygens (including phenoxy) is 2. The highest BCUT2D eigenvalue weighted by Crippen LogP contribution is 2.49. The van der Waals surface area contributed by atoms with Crippen LogP contribution in [0, 0.1) is 17.8 Å². The van der Waals surface area contributed by atoms with Crippen molar-refractivity contribution in [1.29, 1.82) is 0 Å². The Morgan fingerprint density at radius 3 is 2.57 bits per heavy atom. The zero-order chi connectivity index (χ0) is 16.4. The second kappa shape index (κ2) is 6.69. The molecule has 0 heterocycles. The molecule has 0 aliphatic heterocycles. The molecule has 1 aromatic carbocycles. The van der Waals surface area contributed by atoms with Gasteiger partial charge in [-0.2, -0.15) is 0 Å². The summed E-state index contributed by atoms with van der Waals surface area (Å²) in [5, 5.41) is 5.98. The SMILES string of the molecule is COc1ccc(NC(=O)NC(C)C2CC3CCC2C3)cc1OC. The summed E-state index contributed by atoms with van der Waals surface area (Å²) >= 11 is 0. The third-order valence-corrected chi connectivity index (χ3v) is 5.44. The molecule has 2 bridgehead atoms. The van der Waals surface area contributed by atoms with Crippen molar-refractivity contribution in [3.8, 4) is 11.5 Å². The first-order valence-corrected chi connectivity index (χ1v) is 8.40. The summed E-state index contributed by atoms with van der Waals surface area (Å²) in [6.45, 7) is 2.12. The smallest absolute Gasteiger partial charge is 0.319 e. The summed E-state index contributed by atoms with van der Waals surface area (Å²) in [5.74, 6) is 3.57. The standard InChI is InChI=1S/C18H26N2O3/c1-11(15-9-12-4-5-13(15)8-12)19-18(21)20-14-6-7-16(22-2)17(10-14)23-3/h6-7,10-13,15H,4-5,8-9H2,1-3H3,(H2,19,20,21). The van der Waals surface area contributed by atoms with Crippen molar-refractivity contribution >= 4 is 11.7 Å². The summed E-state index contributed by atoms with van der Waals surface area (Å²) in [6.07, 6.45) is 5.33. The monoisotopic (exact) mass is 318 g/mol. The predicted molar refractivity (Wildman–Crippen MR) is 90.1 cm³/mol. The summed E-state index contributed by atoms with van der Waals surface area (Å²) in [4.78, 5) is 12.2. The molecule has 4 atom stereocenters. The van der Waals surface area contributed by atoms with Gasteiger partial charge in [0.15, 0.2) is 11.5 Å². The van der Waals surface area contributed by atoms with E-state index in [0.29, 0.717) is 23.1 Å². The van der Waals surface area contributed by atoms with E-state index in [2.05, 4.69) is 17.6 Å². The summed E-state index contributed by atoms with van der Waals surface area (Å²) in [5.41, 5.74) is 0.695. The number of fused-ring (bicyclic) bond motifs is 2. The summed E-state index contributed by atoms with van der Waals surface area (Å²) in [7, 11) is 3.17. The van der Waals surface area contributed by atoms with Gasteiger partial charge in [0.25, 0.3) is 0 Å². The Labute approximate surface area is 137 Å². The lowest BCUT2D eigenvalue weighted by Crippen LogP contribution is -2.42. The quantitative estimate of drug-likeness (QED) is 0.871. The molecule has 0 radical (unpaired) electrons. The number of hydrogen-bond donors (Lipinski definition) is 2. The maximum Gasteiger partial charge on any atom is 0.319 e. The van der Waals surface area contributed by atoms with Gasteiger partial charge in [0.2, 0.25) is 0 Å². The second-order valence-electron chi connectivity index (χ2n) is 6.80. The van der Waals surface area contributed by atoms with E-state index in [1.165, 1.54) is 25.7 Å². The molecule has 23 heavy (non-hydrogen) atoms. The summed E-state index contributed by atoms with van der Waals surface area (Å²) < 4.78 is 10.5. The van der Waals surface area contributed by atoms with E-state index in [1.807, 2.05) is 6.07 Å². The van der Waals surface area contributed by atoms with Crippen molar-refractivity contribution in [3.05, 3.63) is 18.2 Å². The number of anilines is 1. The number of rotatable bonds is 5. The lowest BCUT2D eigenvalue weighted by molar-refractivity contribution is 0.230. The minimum Gasteiger partial charge on any atom is -0.493 e. The number of carbonyl (C=O) groups excluding carboxylic acids is 1. The number of hydrogen-bond acceptors (Lipinski definition) is 3.